The molecule has 1 saturated heterocycles. The van der Waals surface area contributed by atoms with Crippen LogP contribution in [-0.4, -0.2) is 63.3 Å². The van der Waals surface area contributed by atoms with Gasteiger partial charge in [0, 0.05) is 38.3 Å². The summed E-state index contributed by atoms with van der Waals surface area (Å²) in [5.41, 5.74) is 1.18. The van der Waals surface area contributed by atoms with E-state index in [0.717, 1.165) is 57.1 Å². The molecule has 1 atom stereocenters. The van der Waals surface area contributed by atoms with Crippen molar-refractivity contribution in [3.8, 4) is 5.75 Å². The van der Waals surface area contributed by atoms with Crippen LogP contribution in [0.25, 0.3) is 0 Å². The molecule has 2 aromatic rings. The summed E-state index contributed by atoms with van der Waals surface area (Å²) in [6.45, 7) is 13.8. The first-order valence-electron chi connectivity index (χ1n) is 10.4. The molecule has 1 aromatic heterocycles. The van der Waals surface area contributed by atoms with Crippen LogP contribution in [0.1, 0.15) is 58.0 Å². The van der Waals surface area contributed by atoms with Crippen LogP contribution in [-0.2, 0) is 12.1 Å². The van der Waals surface area contributed by atoms with Crippen LogP contribution in [0.2, 0.25) is 0 Å². The maximum absolute atomic E-state index is 5.51. The van der Waals surface area contributed by atoms with Gasteiger partial charge in [0.15, 0.2) is 5.82 Å². The molecule has 7 nitrogen and oxygen atoms in total. The number of methoxy groups -OCH3 is 1. The number of nitrogens with zero attached hydrogens (tertiary/aromatic N) is 6. The molecule has 0 radical (unpaired) electrons. The summed E-state index contributed by atoms with van der Waals surface area (Å²) in [5, 5.41) is 12.7. The average molecular weight is 387 g/mol. The smallest absolute Gasteiger partial charge is 0.168 e. The highest BCUT2D eigenvalue weighted by Gasteiger charge is 2.32. The second-order valence-corrected chi connectivity index (χ2v) is 8.16. The Hall–Kier alpha value is -1.99. The van der Waals surface area contributed by atoms with Crippen LogP contribution in [0.3, 0.4) is 0 Å². The third kappa shape index (κ3) is 4.36. The van der Waals surface area contributed by atoms with Gasteiger partial charge in [0.2, 0.25) is 0 Å². The molecular weight excluding hydrogens is 352 g/mol. The number of rotatable bonds is 8. The minimum Gasteiger partial charge on any atom is -0.496 e. The van der Waals surface area contributed by atoms with Gasteiger partial charge in [0.05, 0.1) is 18.7 Å². The Morgan fingerprint density at radius 1 is 1.11 bits per heavy atom. The molecule has 0 unspecified atom stereocenters. The Bertz CT molecular complexity index is 751. The topological polar surface area (TPSA) is 59.3 Å². The van der Waals surface area contributed by atoms with E-state index in [4.69, 9.17) is 4.74 Å². The second-order valence-electron chi connectivity index (χ2n) is 8.16. The van der Waals surface area contributed by atoms with Crippen LogP contribution in [0.5, 0.6) is 5.75 Å². The maximum Gasteiger partial charge on any atom is 0.168 e. The van der Waals surface area contributed by atoms with Crippen molar-refractivity contribution in [3.63, 3.8) is 0 Å². The monoisotopic (exact) mass is 386 g/mol. The van der Waals surface area contributed by atoms with E-state index in [1.807, 2.05) is 16.8 Å². The van der Waals surface area contributed by atoms with Gasteiger partial charge in [-0.3, -0.25) is 9.80 Å². The van der Waals surface area contributed by atoms with Crippen molar-refractivity contribution in [2.45, 2.75) is 58.7 Å². The third-order valence-corrected chi connectivity index (χ3v) is 6.05. The van der Waals surface area contributed by atoms with E-state index in [-0.39, 0.29) is 11.6 Å². The molecule has 0 spiro atoms. The molecule has 0 amide bonds. The molecule has 3 rings (SSSR count). The molecule has 1 aromatic carbocycles. The van der Waals surface area contributed by atoms with Gasteiger partial charge in [-0.1, -0.05) is 32.0 Å². The summed E-state index contributed by atoms with van der Waals surface area (Å²) >= 11 is 0. The van der Waals surface area contributed by atoms with E-state index >= 15 is 0 Å². The Labute approximate surface area is 168 Å². The fourth-order valence-corrected chi connectivity index (χ4v) is 3.89. The summed E-state index contributed by atoms with van der Waals surface area (Å²) in [6.07, 6.45) is 2.00. The van der Waals surface area contributed by atoms with E-state index in [1.165, 1.54) is 5.56 Å². The lowest BCUT2D eigenvalue weighted by atomic mass is 10.0. The first-order chi connectivity index (χ1) is 13.5. The fraction of sp³-hybridized carbons (Fsp3) is 0.667. The average Bonchev–Trinajstić information content (AvgIpc) is 3.21. The van der Waals surface area contributed by atoms with Crippen molar-refractivity contribution in [3.05, 3.63) is 35.7 Å². The van der Waals surface area contributed by atoms with Gasteiger partial charge >= 0.3 is 0 Å². The molecule has 28 heavy (non-hydrogen) atoms. The van der Waals surface area contributed by atoms with Gasteiger partial charge < -0.3 is 4.74 Å². The quantitative estimate of drug-likeness (QED) is 0.695. The van der Waals surface area contributed by atoms with E-state index in [2.05, 4.69) is 65.2 Å². The van der Waals surface area contributed by atoms with Crippen molar-refractivity contribution in [2.75, 3.05) is 33.3 Å². The minimum atomic E-state index is -0.0715. The van der Waals surface area contributed by atoms with Crippen molar-refractivity contribution in [1.29, 1.82) is 0 Å². The molecule has 0 N–H and O–H groups in total. The lowest BCUT2D eigenvalue weighted by Crippen LogP contribution is -2.48. The molecule has 1 aliphatic heterocycles. The predicted molar refractivity (Wildman–Crippen MR) is 110 cm³/mol. The fourth-order valence-electron chi connectivity index (χ4n) is 3.89. The third-order valence-electron chi connectivity index (χ3n) is 6.05. The first kappa shape index (κ1) is 20.7. The lowest BCUT2D eigenvalue weighted by Gasteiger charge is -2.39. The number of hydrogen-bond acceptors (Lipinski definition) is 6. The summed E-state index contributed by atoms with van der Waals surface area (Å²) < 4.78 is 7.54. The molecule has 2 heterocycles. The normalized spacial score (nSPS) is 17.6. The van der Waals surface area contributed by atoms with E-state index in [9.17, 15) is 0 Å². The highest BCUT2D eigenvalue weighted by molar-refractivity contribution is 5.33. The second kappa shape index (κ2) is 9.01. The lowest BCUT2D eigenvalue weighted by molar-refractivity contribution is 0.0808. The zero-order chi connectivity index (χ0) is 20.1. The van der Waals surface area contributed by atoms with Crippen LogP contribution < -0.4 is 4.74 Å². The summed E-state index contributed by atoms with van der Waals surface area (Å²) in [6, 6.07) is 8.55. The highest BCUT2D eigenvalue weighted by atomic mass is 16.5. The standard InChI is InChI=1S/C21H34N6O/c1-6-18(20-22-23-24-27(20)21(3,4)7-2)26-14-12-25(13-15-26)16-17-10-8-9-11-19(17)28-5/h8-11,18H,6-7,12-16H2,1-5H3/t18-/m0/s1. The Morgan fingerprint density at radius 2 is 1.82 bits per heavy atom. The van der Waals surface area contributed by atoms with E-state index in [1.54, 1.807) is 7.11 Å². The van der Waals surface area contributed by atoms with Crippen molar-refractivity contribution in [2.24, 2.45) is 0 Å². The molecule has 7 heteroatoms. The molecule has 1 aliphatic rings. The number of tetrazole rings is 1. The van der Waals surface area contributed by atoms with Crippen molar-refractivity contribution >= 4 is 0 Å². The van der Waals surface area contributed by atoms with Gasteiger partial charge in [0.1, 0.15) is 5.75 Å². The van der Waals surface area contributed by atoms with Crippen LogP contribution >= 0.6 is 0 Å². The number of piperazine rings is 1. The SMILES string of the molecule is CC[C@@H](c1nnnn1C(C)(C)CC)N1CCN(Cc2ccccc2OC)CC1. The maximum atomic E-state index is 5.51. The Kier molecular flexibility index (Phi) is 6.67. The van der Waals surface area contributed by atoms with E-state index < -0.39 is 0 Å². The zero-order valence-corrected chi connectivity index (χ0v) is 17.9. The number of benzene rings is 1. The van der Waals surface area contributed by atoms with Gasteiger partial charge in [-0.05, 0) is 43.2 Å². The largest absolute Gasteiger partial charge is 0.496 e. The van der Waals surface area contributed by atoms with Gasteiger partial charge in [-0.2, -0.15) is 0 Å². The molecule has 1 fully saturated rings. The van der Waals surface area contributed by atoms with Gasteiger partial charge in [0.25, 0.3) is 0 Å². The van der Waals surface area contributed by atoms with Gasteiger partial charge in [-0.15, -0.1) is 5.10 Å². The Balaban J connectivity index is 1.66. The van der Waals surface area contributed by atoms with Crippen molar-refractivity contribution in [1.82, 2.24) is 30.0 Å². The number of aromatic nitrogens is 4. The predicted octanol–water partition coefficient (Wildman–Crippen LogP) is 3.10. The summed E-state index contributed by atoms with van der Waals surface area (Å²) in [5.74, 6) is 1.96. The van der Waals surface area contributed by atoms with Crippen molar-refractivity contribution < 1.29 is 4.74 Å². The van der Waals surface area contributed by atoms with Crippen LogP contribution in [0.4, 0.5) is 0 Å². The molecule has 154 valence electrons. The summed E-state index contributed by atoms with van der Waals surface area (Å²) in [7, 11) is 1.74. The molecule has 0 aliphatic carbocycles. The van der Waals surface area contributed by atoms with Crippen LogP contribution in [0.15, 0.2) is 24.3 Å². The molecule has 0 bridgehead atoms. The van der Waals surface area contributed by atoms with Crippen LogP contribution in [0, 0.1) is 0 Å². The van der Waals surface area contributed by atoms with E-state index in [0.29, 0.717) is 0 Å². The number of hydrogen-bond donors (Lipinski definition) is 0. The molecule has 0 saturated carbocycles. The van der Waals surface area contributed by atoms with Gasteiger partial charge in [-0.25, -0.2) is 4.68 Å². The molecular formula is C21H34N6O. The highest BCUT2D eigenvalue weighted by Crippen LogP contribution is 2.29. The zero-order valence-electron chi connectivity index (χ0n) is 17.9. The Morgan fingerprint density at radius 3 is 2.46 bits per heavy atom. The number of ether oxygens (including phenoxy) is 1. The minimum absolute atomic E-state index is 0.0715. The summed E-state index contributed by atoms with van der Waals surface area (Å²) in [4.78, 5) is 5.03. The number of para-hydroxylation sites is 1. The first-order valence-corrected chi connectivity index (χ1v) is 10.4.